The van der Waals surface area contributed by atoms with Crippen LogP contribution in [-0.2, 0) is 11.3 Å². The van der Waals surface area contributed by atoms with E-state index >= 15 is 0 Å². The molecule has 1 aliphatic heterocycles. The molecular formula is C14H17Cl2NO2S. The number of likely N-dealkylation sites (N-methyl/N-ethyl adjacent to an activating group) is 1. The van der Waals surface area contributed by atoms with Crippen LogP contribution in [0.3, 0.4) is 0 Å². The number of hydrogen-bond acceptors (Lipinski definition) is 3. The molecule has 6 heteroatoms. The van der Waals surface area contributed by atoms with Crippen LogP contribution in [0.5, 0.6) is 0 Å². The van der Waals surface area contributed by atoms with Gasteiger partial charge in [0, 0.05) is 13.6 Å². The van der Waals surface area contributed by atoms with Crippen LogP contribution in [0.25, 0.3) is 0 Å². The molecule has 1 heterocycles. The number of benzene rings is 1. The number of thioether (sulfide) groups is 1. The second kappa shape index (κ2) is 6.56. The van der Waals surface area contributed by atoms with Gasteiger partial charge in [-0.25, -0.2) is 0 Å². The lowest BCUT2D eigenvalue weighted by Gasteiger charge is -2.34. The van der Waals surface area contributed by atoms with E-state index in [0.717, 1.165) is 17.1 Å². The molecule has 1 aromatic rings. The molecule has 0 bridgehead atoms. The van der Waals surface area contributed by atoms with Gasteiger partial charge in [-0.1, -0.05) is 29.3 Å². The predicted molar refractivity (Wildman–Crippen MR) is 84.4 cm³/mol. The molecule has 0 spiro atoms. The normalized spacial score (nSPS) is 17.8. The molecule has 1 saturated heterocycles. The first-order chi connectivity index (χ1) is 9.42. The highest BCUT2D eigenvalue weighted by Crippen LogP contribution is 2.29. The minimum atomic E-state index is -1.21. The molecule has 110 valence electrons. The minimum absolute atomic E-state index is 0.219. The zero-order valence-electron chi connectivity index (χ0n) is 11.2. The highest BCUT2D eigenvalue weighted by atomic mass is 35.5. The fraction of sp³-hybridized carbons (Fsp3) is 0.500. The third-order valence-corrected chi connectivity index (χ3v) is 5.19. The van der Waals surface area contributed by atoms with E-state index in [1.165, 1.54) is 0 Å². The molecule has 1 aromatic carbocycles. The molecule has 3 nitrogen and oxygen atoms in total. The van der Waals surface area contributed by atoms with Crippen molar-refractivity contribution in [1.29, 1.82) is 0 Å². The van der Waals surface area contributed by atoms with Crippen LogP contribution in [0.1, 0.15) is 18.4 Å². The SMILES string of the molecule is CN(Cc1ccc(Cl)c(Cl)c1)C(=O)C1(O)CCSCC1. The molecule has 0 atom stereocenters. The monoisotopic (exact) mass is 333 g/mol. The van der Waals surface area contributed by atoms with Crippen molar-refractivity contribution in [1.82, 2.24) is 4.90 Å². The number of carbonyl (C=O) groups is 1. The summed E-state index contributed by atoms with van der Waals surface area (Å²) in [5.74, 6) is 1.43. The van der Waals surface area contributed by atoms with Crippen molar-refractivity contribution in [2.24, 2.45) is 0 Å². The van der Waals surface area contributed by atoms with E-state index in [1.54, 1.807) is 35.8 Å². The maximum atomic E-state index is 12.4. The third-order valence-electron chi connectivity index (χ3n) is 3.47. The molecule has 0 unspecified atom stereocenters. The van der Waals surface area contributed by atoms with E-state index in [1.807, 2.05) is 6.07 Å². The van der Waals surface area contributed by atoms with E-state index in [4.69, 9.17) is 23.2 Å². The molecule has 0 aliphatic carbocycles. The molecule has 1 fully saturated rings. The summed E-state index contributed by atoms with van der Waals surface area (Å²) in [4.78, 5) is 13.9. The zero-order chi connectivity index (χ0) is 14.8. The number of halogens is 2. The number of aliphatic hydroxyl groups is 1. The molecular weight excluding hydrogens is 317 g/mol. The number of carbonyl (C=O) groups excluding carboxylic acids is 1. The molecule has 2 rings (SSSR count). The Morgan fingerprint density at radius 3 is 2.60 bits per heavy atom. The lowest BCUT2D eigenvalue weighted by molar-refractivity contribution is -0.151. The van der Waals surface area contributed by atoms with Crippen molar-refractivity contribution in [3.8, 4) is 0 Å². The van der Waals surface area contributed by atoms with E-state index in [2.05, 4.69) is 0 Å². The van der Waals surface area contributed by atoms with Crippen molar-refractivity contribution in [2.75, 3.05) is 18.6 Å². The maximum absolute atomic E-state index is 12.4. The Bertz CT molecular complexity index is 504. The number of amides is 1. The molecule has 1 N–H and O–H groups in total. The first-order valence-corrected chi connectivity index (χ1v) is 8.33. The first-order valence-electron chi connectivity index (χ1n) is 6.42. The highest BCUT2D eigenvalue weighted by molar-refractivity contribution is 7.99. The number of nitrogens with zero attached hydrogens (tertiary/aromatic N) is 1. The molecule has 0 aromatic heterocycles. The summed E-state index contributed by atoms with van der Waals surface area (Å²) in [7, 11) is 1.70. The van der Waals surface area contributed by atoms with Gasteiger partial charge in [-0.05, 0) is 42.0 Å². The van der Waals surface area contributed by atoms with Crippen LogP contribution in [0, 0.1) is 0 Å². The van der Waals surface area contributed by atoms with Gasteiger partial charge in [-0.2, -0.15) is 11.8 Å². The highest BCUT2D eigenvalue weighted by Gasteiger charge is 2.39. The van der Waals surface area contributed by atoms with E-state index < -0.39 is 5.60 Å². The Balaban J connectivity index is 2.05. The van der Waals surface area contributed by atoms with Crippen molar-refractivity contribution in [3.05, 3.63) is 33.8 Å². The van der Waals surface area contributed by atoms with Gasteiger partial charge in [-0.3, -0.25) is 4.79 Å². The second-order valence-electron chi connectivity index (χ2n) is 5.05. The smallest absolute Gasteiger partial charge is 0.254 e. The molecule has 1 aliphatic rings. The van der Waals surface area contributed by atoms with Crippen molar-refractivity contribution < 1.29 is 9.90 Å². The largest absolute Gasteiger partial charge is 0.380 e. The Hall–Kier alpha value is -0.420. The van der Waals surface area contributed by atoms with Crippen LogP contribution in [0.2, 0.25) is 10.0 Å². The second-order valence-corrected chi connectivity index (χ2v) is 7.09. The fourth-order valence-corrected chi connectivity index (χ4v) is 3.75. The van der Waals surface area contributed by atoms with E-state index in [0.29, 0.717) is 29.4 Å². The van der Waals surface area contributed by atoms with Crippen LogP contribution in [-0.4, -0.2) is 40.1 Å². The number of rotatable bonds is 3. The van der Waals surface area contributed by atoms with Crippen molar-refractivity contribution >= 4 is 40.9 Å². The molecule has 0 radical (unpaired) electrons. The average Bonchev–Trinajstić information content (AvgIpc) is 2.43. The summed E-state index contributed by atoms with van der Waals surface area (Å²) < 4.78 is 0. The van der Waals surface area contributed by atoms with Gasteiger partial charge in [-0.15, -0.1) is 0 Å². The van der Waals surface area contributed by atoms with Gasteiger partial charge in [0.1, 0.15) is 5.60 Å². The van der Waals surface area contributed by atoms with Crippen LogP contribution in [0.4, 0.5) is 0 Å². The lowest BCUT2D eigenvalue weighted by atomic mass is 9.95. The first kappa shape index (κ1) is 16.0. The van der Waals surface area contributed by atoms with E-state index in [9.17, 15) is 9.90 Å². The quantitative estimate of drug-likeness (QED) is 0.923. The van der Waals surface area contributed by atoms with Crippen LogP contribution in [0.15, 0.2) is 18.2 Å². The Labute approximate surface area is 133 Å². The van der Waals surface area contributed by atoms with Crippen LogP contribution < -0.4 is 0 Å². The minimum Gasteiger partial charge on any atom is -0.380 e. The third kappa shape index (κ3) is 3.61. The Morgan fingerprint density at radius 1 is 1.35 bits per heavy atom. The summed E-state index contributed by atoms with van der Waals surface area (Å²) in [5.41, 5.74) is -0.319. The lowest BCUT2D eigenvalue weighted by Crippen LogP contribution is -2.49. The van der Waals surface area contributed by atoms with Gasteiger partial charge >= 0.3 is 0 Å². The van der Waals surface area contributed by atoms with Gasteiger partial charge in [0.25, 0.3) is 5.91 Å². The Kier molecular flexibility index (Phi) is 5.24. The molecule has 0 saturated carbocycles. The van der Waals surface area contributed by atoms with Gasteiger partial charge in [0.05, 0.1) is 10.0 Å². The summed E-state index contributed by atoms with van der Waals surface area (Å²) >= 11 is 13.6. The van der Waals surface area contributed by atoms with Gasteiger partial charge in [0.2, 0.25) is 0 Å². The maximum Gasteiger partial charge on any atom is 0.254 e. The van der Waals surface area contributed by atoms with Gasteiger partial charge < -0.3 is 10.0 Å². The number of hydrogen-bond donors (Lipinski definition) is 1. The topological polar surface area (TPSA) is 40.5 Å². The standard InChI is InChI=1S/C14H17Cl2NO2S/c1-17(9-10-2-3-11(15)12(16)8-10)13(18)14(19)4-6-20-7-5-14/h2-3,8,19H,4-7,9H2,1H3. The summed E-state index contributed by atoms with van der Waals surface area (Å²) in [6.45, 7) is 0.408. The summed E-state index contributed by atoms with van der Waals surface area (Å²) in [5, 5.41) is 11.4. The molecule has 20 heavy (non-hydrogen) atoms. The van der Waals surface area contributed by atoms with Crippen LogP contribution >= 0.6 is 35.0 Å². The molecule has 1 amide bonds. The average molecular weight is 334 g/mol. The summed E-state index contributed by atoms with van der Waals surface area (Å²) in [6.07, 6.45) is 1.03. The van der Waals surface area contributed by atoms with Crippen molar-refractivity contribution in [2.45, 2.75) is 25.0 Å². The summed E-state index contributed by atoms with van der Waals surface area (Å²) in [6, 6.07) is 5.29. The fourth-order valence-electron chi connectivity index (χ4n) is 2.26. The van der Waals surface area contributed by atoms with E-state index in [-0.39, 0.29) is 5.91 Å². The van der Waals surface area contributed by atoms with Gasteiger partial charge in [0.15, 0.2) is 0 Å². The Morgan fingerprint density at radius 2 is 2.00 bits per heavy atom. The predicted octanol–water partition coefficient (Wildman–Crippen LogP) is 3.21. The zero-order valence-corrected chi connectivity index (χ0v) is 13.6. The van der Waals surface area contributed by atoms with Crippen molar-refractivity contribution in [3.63, 3.8) is 0 Å².